The first-order valence-corrected chi connectivity index (χ1v) is 22.3. The van der Waals surface area contributed by atoms with Gasteiger partial charge in [-0.05, 0) is 92.4 Å². The van der Waals surface area contributed by atoms with Crippen molar-refractivity contribution in [3.63, 3.8) is 0 Å². The Morgan fingerprint density at radius 3 is 2.44 bits per heavy atom. The highest BCUT2D eigenvalue weighted by Crippen LogP contribution is 2.47. The quantitative estimate of drug-likeness (QED) is 0.315. The summed E-state index contributed by atoms with van der Waals surface area (Å²) in [4.78, 5) is 21.2. The zero-order valence-corrected chi connectivity index (χ0v) is 35.4. The Morgan fingerprint density at radius 2 is 1.76 bits per heavy atom. The minimum Gasteiger partial charge on any atom is -0.490 e. The Morgan fingerprint density at radius 1 is 1.02 bits per heavy atom. The summed E-state index contributed by atoms with van der Waals surface area (Å²) in [6.45, 7) is 20.8. The lowest BCUT2D eigenvalue weighted by molar-refractivity contribution is -0.0959. The molecule has 11 heteroatoms. The van der Waals surface area contributed by atoms with E-state index in [2.05, 4.69) is 71.4 Å². The SMILES string of the molecule is CO[C@]1(CN2CCN(CC(C)(C)C)CC2)/C=C/C[C@H](C)[C@@H](C)S(=O)(=O)NC(=O)c2ccc3c(c2)N(CCCCC2C=C(Cl)C=CC2(C)CO3)CC2CC[C@H]21. The van der Waals surface area contributed by atoms with E-state index in [1.165, 1.54) is 0 Å². The molecule has 3 aliphatic heterocycles. The first-order chi connectivity index (χ1) is 25.5. The molecule has 1 N–H and O–H groups in total. The first-order valence-electron chi connectivity index (χ1n) is 20.3. The smallest absolute Gasteiger partial charge is 0.264 e. The summed E-state index contributed by atoms with van der Waals surface area (Å²) in [5, 5.41) is -0.00518. The van der Waals surface area contributed by atoms with Gasteiger partial charge in [-0.2, -0.15) is 0 Å². The van der Waals surface area contributed by atoms with Gasteiger partial charge in [-0.1, -0.05) is 76.9 Å². The van der Waals surface area contributed by atoms with Crippen LogP contribution in [0, 0.1) is 34.5 Å². The molecule has 5 aliphatic rings. The van der Waals surface area contributed by atoms with Crippen molar-refractivity contribution in [2.45, 2.75) is 90.9 Å². The topological polar surface area (TPSA) is 91.4 Å². The van der Waals surface area contributed by atoms with E-state index >= 15 is 0 Å². The molecule has 7 atom stereocenters. The number of ether oxygens (including phenoxy) is 2. The summed E-state index contributed by atoms with van der Waals surface area (Å²) in [7, 11) is -2.10. The van der Waals surface area contributed by atoms with Gasteiger partial charge in [-0.3, -0.25) is 9.69 Å². The van der Waals surface area contributed by atoms with Crippen molar-refractivity contribution in [3.8, 4) is 5.75 Å². The van der Waals surface area contributed by atoms with Crippen LogP contribution in [0.15, 0.2) is 53.6 Å². The van der Waals surface area contributed by atoms with Gasteiger partial charge in [0.1, 0.15) is 11.4 Å². The number of hydrogen-bond acceptors (Lipinski definition) is 8. The van der Waals surface area contributed by atoms with Crippen LogP contribution in [0.5, 0.6) is 5.75 Å². The number of piperazine rings is 1. The fraction of sp³-hybridized carbons (Fsp3) is 0.698. The van der Waals surface area contributed by atoms with Gasteiger partial charge in [0.2, 0.25) is 10.0 Å². The predicted molar refractivity (Wildman–Crippen MR) is 220 cm³/mol. The van der Waals surface area contributed by atoms with Crippen LogP contribution in [0.3, 0.4) is 0 Å². The van der Waals surface area contributed by atoms with E-state index in [1.54, 1.807) is 13.0 Å². The van der Waals surface area contributed by atoms with Gasteiger partial charge < -0.3 is 19.3 Å². The summed E-state index contributed by atoms with van der Waals surface area (Å²) in [5.41, 5.74) is 0.656. The van der Waals surface area contributed by atoms with Crippen LogP contribution in [-0.4, -0.2) is 101 Å². The normalized spacial score (nSPS) is 34.9. The van der Waals surface area contributed by atoms with Crippen molar-refractivity contribution in [1.82, 2.24) is 14.5 Å². The second kappa shape index (κ2) is 16.6. The van der Waals surface area contributed by atoms with Gasteiger partial charge >= 0.3 is 0 Å². The lowest BCUT2D eigenvalue weighted by Crippen LogP contribution is -2.59. The maximum atomic E-state index is 13.7. The lowest BCUT2D eigenvalue weighted by Gasteiger charge is -2.52. The minimum absolute atomic E-state index is 0.216. The highest BCUT2D eigenvalue weighted by molar-refractivity contribution is 7.90. The van der Waals surface area contributed by atoms with Crippen molar-refractivity contribution in [1.29, 1.82) is 0 Å². The van der Waals surface area contributed by atoms with E-state index in [1.807, 2.05) is 32.2 Å². The molecule has 3 heterocycles. The largest absolute Gasteiger partial charge is 0.490 e. The second-order valence-electron chi connectivity index (χ2n) is 18.4. The number of halogens is 1. The molecule has 300 valence electrons. The molecule has 2 fully saturated rings. The van der Waals surface area contributed by atoms with Gasteiger partial charge in [-0.25, -0.2) is 13.1 Å². The van der Waals surface area contributed by atoms with Crippen LogP contribution in [-0.2, 0) is 14.8 Å². The molecule has 2 aliphatic carbocycles. The number of allylic oxidation sites excluding steroid dienone is 4. The number of hydrogen-bond donors (Lipinski definition) is 1. The number of rotatable bonds is 4. The highest BCUT2D eigenvalue weighted by atomic mass is 35.5. The molecular weight excluding hydrogens is 720 g/mol. The zero-order valence-electron chi connectivity index (χ0n) is 33.8. The van der Waals surface area contributed by atoms with Gasteiger partial charge in [0, 0.05) is 75.5 Å². The molecule has 6 rings (SSSR count). The Balaban J connectivity index is 1.35. The van der Waals surface area contributed by atoms with E-state index in [0.717, 1.165) is 95.2 Å². The van der Waals surface area contributed by atoms with Crippen LogP contribution >= 0.6 is 11.6 Å². The van der Waals surface area contributed by atoms with Crippen molar-refractivity contribution >= 4 is 33.2 Å². The third kappa shape index (κ3) is 9.42. The maximum absolute atomic E-state index is 13.7. The van der Waals surface area contributed by atoms with Gasteiger partial charge in [0.15, 0.2) is 0 Å². The highest BCUT2D eigenvalue weighted by Gasteiger charge is 2.48. The molecule has 54 heavy (non-hydrogen) atoms. The maximum Gasteiger partial charge on any atom is 0.264 e. The number of benzene rings is 1. The molecule has 3 unspecified atom stereocenters. The minimum atomic E-state index is -3.95. The molecule has 9 nitrogen and oxygen atoms in total. The van der Waals surface area contributed by atoms with Crippen LogP contribution in [0.1, 0.15) is 90.4 Å². The molecule has 0 spiro atoms. The van der Waals surface area contributed by atoms with Crippen LogP contribution < -0.4 is 14.4 Å². The molecule has 0 radical (unpaired) electrons. The number of methoxy groups -OCH3 is 1. The molecular formula is C43H65ClN4O5S. The molecule has 0 aromatic heterocycles. The Hall–Kier alpha value is -2.37. The second-order valence-corrected chi connectivity index (χ2v) is 20.9. The third-order valence-corrected chi connectivity index (χ3v) is 15.2. The van der Waals surface area contributed by atoms with Gasteiger partial charge in [0.25, 0.3) is 5.91 Å². The Labute approximate surface area is 330 Å². The number of fused-ring (bicyclic) bond motifs is 3. The van der Waals surface area contributed by atoms with Crippen molar-refractivity contribution in [2.75, 3.05) is 71.0 Å². The molecule has 1 saturated carbocycles. The fourth-order valence-electron chi connectivity index (χ4n) is 9.32. The van der Waals surface area contributed by atoms with Gasteiger partial charge in [-0.15, -0.1) is 0 Å². The van der Waals surface area contributed by atoms with Crippen LogP contribution in [0.4, 0.5) is 5.69 Å². The average Bonchev–Trinajstić information content (AvgIpc) is 3.12. The number of nitrogens with zero attached hydrogens (tertiary/aromatic N) is 3. The number of nitrogens with one attached hydrogen (secondary N) is 1. The summed E-state index contributed by atoms with van der Waals surface area (Å²) in [6.07, 6.45) is 16.4. The van der Waals surface area contributed by atoms with E-state index in [-0.39, 0.29) is 28.6 Å². The summed E-state index contributed by atoms with van der Waals surface area (Å²) < 4.78 is 43.1. The van der Waals surface area contributed by atoms with Crippen molar-refractivity contribution < 1.29 is 22.7 Å². The number of carbonyl (C=O) groups is 1. The van der Waals surface area contributed by atoms with Crippen molar-refractivity contribution in [2.24, 2.45) is 34.5 Å². The fourth-order valence-corrected chi connectivity index (χ4v) is 10.8. The molecule has 2 bridgehead atoms. The summed E-state index contributed by atoms with van der Waals surface area (Å²) in [6, 6.07) is 5.39. The van der Waals surface area contributed by atoms with Gasteiger partial charge in [0.05, 0.1) is 17.5 Å². The monoisotopic (exact) mass is 784 g/mol. The number of amides is 1. The van der Waals surface area contributed by atoms with Crippen molar-refractivity contribution in [3.05, 3.63) is 59.2 Å². The Kier molecular flexibility index (Phi) is 12.7. The first kappa shape index (κ1) is 41.3. The molecule has 1 aromatic carbocycles. The molecule has 1 saturated heterocycles. The average molecular weight is 786 g/mol. The number of carbonyl (C=O) groups excluding carboxylic acids is 1. The number of anilines is 1. The lowest BCUT2D eigenvalue weighted by atomic mass is 9.63. The van der Waals surface area contributed by atoms with E-state index < -0.39 is 26.8 Å². The summed E-state index contributed by atoms with van der Waals surface area (Å²) in [5.74, 6) is 0.769. The predicted octanol–water partition coefficient (Wildman–Crippen LogP) is 7.49. The molecule has 1 aromatic rings. The summed E-state index contributed by atoms with van der Waals surface area (Å²) >= 11 is 6.51. The van der Waals surface area contributed by atoms with E-state index in [9.17, 15) is 13.2 Å². The number of sulfonamides is 1. The standard InChI is InChI=1S/C43H65ClN4O5S/c1-31-11-10-18-43(52-7,29-47-23-21-46(22-24-47)28-41(3,4)5)37-15-13-34(37)27-48-20-9-8-12-35-26-36(44)17-19-42(35,6)30-53-39-16-14-33(25-38(39)48)40(49)45-54(50,51)32(31)2/h10,14,16-19,25-26,31-32,34-35,37H,8-9,11-13,15,20-24,27-30H2,1-7H3,(H,45,49)/b18-10+/t31-,32+,34?,35?,37+,42?,43-/m0/s1. The third-order valence-electron chi connectivity index (χ3n) is 13.1. The van der Waals surface area contributed by atoms with E-state index in [4.69, 9.17) is 21.1 Å². The van der Waals surface area contributed by atoms with Crippen LogP contribution in [0.2, 0.25) is 0 Å². The Bertz CT molecular complexity index is 1700. The van der Waals surface area contributed by atoms with Crippen LogP contribution in [0.25, 0.3) is 0 Å². The van der Waals surface area contributed by atoms with E-state index in [0.29, 0.717) is 30.3 Å². The zero-order chi connectivity index (χ0) is 38.9. The molecule has 1 amide bonds.